The first-order valence-corrected chi connectivity index (χ1v) is 2.90. The summed E-state index contributed by atoms with van der Waals surface area (Å²) >= 11 is 10.5. The number of rotatable bonds is 2. The van der Waals surface area contributed by atoms with E-state index in [0.29, 0.717) is 0 Å². The average Bonchev–Trinajstić information content (AvgIpc) is 1.63. The van der Waals surface area contributed by atoms with Crippen LogP contribution >= 0.6 is 23.2 Å². The van der Waals surface area contributed by atoms with Crippen LogP contribution in [-0.4, -0.2) is 17.0 Å². The molecule has 9 heavy (non-hydrogen) atoms. The summed E-state index contributed by atoms with van der Waals surface area (Å²) in [6.07, 6.45) is 1.20. The summed E-state index contributed by atoms with van der Waals surface area (Å²) in [6, 6.07) is 0. The van der Waals surface area contributed by atoms with Crippen molar-refractivity contribution in [2.75, 3.05) is 0 Å². The normalized spacial score (nSPS) is 10.6. The lowest BCUT2D eigenvalue weighted by Crippen LogP contribution is -2.21. The van der Waals surface area contributed by atoms with E-state index in [1.165, 1.54) is 6.21 Å². The summed E-state index contributed by atoms with van der Waals surface area (Å²) in [5, 5.41) is 6.56. The summed E-state index contributed by atoms with van der Waals surface area (Å²) in [4.78, 5) is -0.673. The van der Waals surface area contributed by atoms with Gasteiger partial charge in [0.15, 0.2) is 0 Å². The Labute approximate surface area is 62.5 Å². The van der Waals surface area contributed by atoms with Crippen molar-refractivity contribution < 1.29 is 0 Å². The average molecular weight is 169 g/mol. The molecule has 0 unspecified atom stereocenters. The maximum absolute atomic E-state index is 5.23. The van der Waals surface area contributed by atoms with Gasteiger partial charge in [0.1, 0.15) is 4.84 Å². The molecule has 6 heteroatoms. The fraction of sp³-hybridized carbons (Fsp3) is 0.333. The number of nitrogens with zero attached hydrogens (tertiary/aromatic N) is 2. The van der Waals surface area contributed by atoms with Crippen LogP contribution < -0.4 is 11.5 Å². The molecule has 0 bridgehead atoms. The van der Waals surface area contributed by atoms with E-state index in [9.17, 15) is 0 Å². The minimum atomic E-state index is -0.673. The van der Waals surface area contributed by atoms with Crippen molar-refractivity contribution in [3.63, 3.8) is 0 Å². The molecular weight excluding hydrogens is 163 g/mol. The molecule has 0 aliphatic heterocycles. The predicted molar refractivity (Wildman–Crippen MR) is 39.8 cm³/mol. The lowest BCUT2D eigenvalue weighted by atomic mass is 10.9. The number of nitrogens with two attached hydrogens (primary N) is 2. The highest BCUT2D eigenvalue weighted by molar-refractivity contribution is 6.51. The highest BCUT2D eigenvalue weighted by atomic mass is 35.5. The van der Waals surface area contributed by atoms with Crippen LogP contribution in [0, 0.1) is 0 Å². The third-order valence-electron chi connectivity index (χ3n) is 0.353. The molecule has 4 nitrogen and oxygen atoms in total. The third kappa shape index (κ3) is 7.52. The van der Waals surface area contributed by atoms with Crippen molar-refractivity contribution in [1.29, 1.82) is 0 Å². The molecule has 0 aliphatic rings. The number of hydrogen-bond donors (Lipinski definition) is 2. The topological polar surface area (TPSA) is 76.8 Å². The fourth-order valence-corrected chi connectivity index (χ4v) is 0.251. The van der Waals surface area contributed by atoms with E-state index in [0.717, 1.165) is 0 Å². The predicted octanol–water partition coefficient (Wildman–Crippen LogP) is 0.0493. The van der Waals surface area contributed by atoms with Crippen molar-refractivity contribution >= 4 is 35.4 Å². The molecule has 0 rings (SSSR count). The van der Waals surface area contributed by atoms with Gasteiger partial charge in [-0.2, -0.15) is 5.10 Å². The van der Waals surface area contributed by atoms with E-state index < -0.39 is 4.84 Å². The molecule has 0 atom stereocenters. The molecule has 0 amide bonds. The summed E-state index contributed by atoms with van der Waals surface area (Å²) < 4.78 is 0. The van der Waals surface area contributed by atoms with Crippen LogP contribution in [0.4, 0.5) is 0 Å². The van der Waals surface area contributed by atoms with Crippen LogP contribution in [-0.2, 0) is 0 Å². The minimum Gasteiger partial charge on any atom is -0.369 e. The van der Waals surface area contributed by atoms with Crippen LogP contribution in [0.1, 0.15) is 0 Å². The maximum atomic E-state index is 5.23. The van der Waals surface area contributed by atoms with Gasteiger partial charge in [-0.3, -0.25) is 0 Å². The van der Waals surface area contributed by atoms with Gasteiger partial charge in [-0.1, -0.05) is 23.2 Å². The first-order chi connectivity index (χ1) is 4.13. The quantitative estimate of drug-likeness (QED) is 0.265. The Balaban J connectivity index is 3.60. The SMILES string of the molecule is NC(N)=NN=CC(Cl)Cl. The molecule has 0 aromatic heterocycles. The van der Waals surface area contributed by atoms with Crippen molar-refractivity contribution in [2.45, 2.75) is 4.84 Å². The van der Waals surface area contributed by atoms with Crippen molar-refractivity contribution in [3.8, 4) is 0 Å². The van der Waals surface area contributed by atoms with Gasteiger partial charge in [0.2, 0.25) is 5.96 Å². The molecule has 52 valence electrons. The number of halogens is 2. The Bertz CT molecular complexity index is 126. The zero-order chi connectivity index (χ0) is 7.28. The minimum absolute atomic E-state index is 0.125. The molecule has 4 N–H and O–H groups in total. The molecule has 0 aromatic carbocycles. The maximum Gasteiger partial charge on any atom is 0.211 e. The van der Waals surface area contributed by atoms with E-state index in [2.05, 4.69) is 10.2 Å². The largest absolute Gasteiger partial charge is 0.369 e. The molecule has 0 heterocycles. The third-order valence-corrected chi connectivity index (χ3v) is 0.578. The molecule has 0 spiro atoms. The molecule has 0 aliphatic carbocycles. The highest BCUT2D eigenvalue weighted by Gasteiger charge is 1.87. The Morgan fingerprint density at radius 1 is 1.44 bits per heavy atom. The zero-order valence-corrected chi connectivity index (χ0v) is 5.97. The highest BCUT2D eigenvalue weighted by Crippen LogP contribution is 1.95. The van der Waals surface area contributed by atoms with Gasteiger partial charge in [-0.05, 0) is 0 Å². The van der Waals surface area contributed by atoms with E-state index >= 15 is 0 Å². The number of guanidine groups is 1. The molecular formula is C3H6Cl2N4. The van der Waals surface area contributed by atoms with Gasteiger partial charge >= 0.3 is 0 Å². The van der Waals surface area contributed by atoms with Crippen molar-refractivity contribution in [1.82, 2.24) is 0 Å². The van der Waals surface area contributed by atoms with E-state index in [4.69, 9.17) is 34.7 Å². The smallest absolute Gasteiger partial charge is 0.211 e. The van der Waals surface area contributed by atoms with Crippen LogP contribution in [0.2, 0.25) is 0 Å². The van der Waals surface area contributed by atoms with Gasteiger partial charge in [-0.25, -0.2) is 0 Å². The summed E-state index contributed by atoms with van der Waals surface area (Å²) in [7, 11) is 0. The van der Waals surface area contributed by atoms with Crippen LogP contribution in [0.3, 0.4) is 0 Å². The molecule has 0 radical (unpaired) electrons. The van der Waals surface area contributed by atoms with Crippen molar-refractivity contribution in [3.05, 3.63) is 0 Å². The summed E-state index contributed by atoms with van der Waals surface area (Å²) in [5.41, 5.74) is 9.81. The van der Waals surface area contributed by atoms with E-state index in [1.807, 2.05) is 0 Å². The van der Waals surface area contributed by atoms with Gasteiger partial charge in [0.25, 0.3) is 0 Å². The van der Waals surface area contributed by atoms with Crippen LogP contribution in [0.5, 0.6) is 0 Å². The van der Waals surface area contributed by atoms with E-state index in [1.54, 1.807) is 0 Å². The Morgan fingerprint density at radius 2 is 2.00 bits per heavy atom. The van der Waals surface area contributed by atoms with E-state index in [-0.39, 0.29) is 5.96 Å². The van der Waals surface area contributed by atoms with Gasteiger partial charge in [0, 0.05) is 0 Å². The van der Waals surface area contributed by atoms with Gasteiger partial charge in [-0.15, -0.1) is 5.10 Å². The van der Waals surface area contributed by atoms with Crippen molar-refractivity contribution in [2.24, 2.45) is 21.7 Å². The summed E-state index contributed by atoms with van der Waals surface area (Å²) in [5.74, 6) is -0.125. The fourth-order valence-electron chi connectivity index (χ4n) is 0.150. The standard InChI is InChI=1S/C3H6Cl2N4/c4-2(5)1-8-9-3(6)7/h1-2H,(H4,6,7,9). The Kier molecular flexibility index (Phi) is 4.17. The van der Waals surface area contributed by atoms with Crippen LogP contribution in [0.25, 0.3) is 0 Å². The van der Waals surface area contributed by atoms with Crippen LogP contribution in [0.15, 0.2) is 10.2 Å². The molecule has 0 fully saturated rings. The second-order valence-corrected chi connectivity index (χ2v) is 2.29. The number of hydrogen-bond acceptors (Lipinski definition) is 2. The second-order valence-electron chi connectivity index (χ2n) is 1.12. The monoisotopic (exact) mass is 168 g/mol. The lowest BCUT2D eigenvalue weighted by Gasteiger charge is -1.84. The second kappa shape index (κ2) is 4.40. The lowest BCUT2D eigenvalue weighted by molar-refractivity contribution is 1.21. The Morgan fingerprint density at radius 3 is 2.33 bits per heavy atom. The first-order valence-electron chi connectivity index (χ1n) is 2.03. The molecule has 0 saturated carbocycles. The Hall–Kier alpha value is -0.480. The molecule has 0 saturated heterocycles. The van der Waals surface area contributed by atoms with Gasteiger partial charge < -0.3 is 11.5 Å². The summed E-state index contributed by atoms with van der Waals surface area (Å²) in [6.45, 7) is 0. The van der Waals surface area contributed by atoms with Gasteiger partial charge in [0.05, 0.1) is 6.21 Å². The first kappa shape index (κ1) is 8.52. The number of alkyl halides is 2. The zero-order valence-electron chi connectivity index (χ0n) is 4.46. The molecule has 0 aromatic rings.